The average Bonchev–Trinajstić information content (AvgIpc) is 2.24. The van der Waals surface area contributed by atoms with Gasteiger partial charge in [0.25, 0.3) is 0 Å². The number of rotatable bonds is 2. The van der Waals surface area contributed by atoms with Crippen molar-refractivity contribution >= 4 is 5.91 Å². The molecule has 3 nitrogen and oxygen atoms in total. The SMILES string of the molecule is C=CN1C(=O)C(C)(C)CC1OC. The van der Waals surface area contributed by atoms with E-state index < -0.39 is 0 Å². The van der Waals surface area contributed by atoms with E-state index in [2.05, 4.69) is 6.58 Å². The predicted molar refractivity (Wildman–Crippen MR) is 46.2 cm³/mol. The molecular formula is C9H15NO2. The lowest BCUT2D eigenvalue weighted by molar-refractivity contribution is -0.135. The van der Waals surface area contributed by atoms with Gasteiger partial charge < -0.3 is 4.74 Å². The Bertz CT molecular complexity index is 211. The van der Waals surface area contributed by atoms with Gasteiger partial charge in [0.1, 0.15) is 6.23 Å². The standard InChI is InChI=1S/C9H15NO2/c1-5-10-7(12-4)6-9(2,3)8(10)11/h5,7H,1,6H2,2-4H3. The zero-order valence-corrected chi connectivity index (χ0v) is 7.83. The number of carbonyl (C=O) groups is 1. The molecule has 0 radical (unpaired) electrons. The summed E-state index contributed by atoms with van der Waals surface area (Å²) < 4.78 is 5.15. The zero-order chi connectivity index (χ0) is 9.35. The van der Waals surface area contributed by atoms with E-state index in [-0.39, 0.29) is 17.6 Å². The van der Waals surface area contributed by atoms with E-state index in [1.807, 2.05) is 13.8 Å². The van der Waals surface area contributed by atoms with Crippen molar-refractivity contribution in [2.24, 2.45) is 5.41 Å². The molecule has 1 rings (SSSR count). The molecule has 12 heavy (non-hydrogen) atoms. The molecule has 0 aliphatic carbocycles. The highest BCUT2D eigenvalue weighted by Crippen LogP contribution is 2.35. The maximum Gasteiger partial charge on any atom is 0.234 e. The Balaban J connectivity index is 2.86. The number of nitrogens with zero attached hydrogens (tertiary/aromatic N) is 1. The van der Waals surface area contributed by atoms with Gasteiger partial charge in [-0.3, -0.25) is 9.69 Å². The first kappa shape index (κ1) is 9.26. The van der Waals surface area contributed by atoms with E-state index in [1.54, 1.807) is 12.0 Å². The molecule has 0 aromatic carbocycles. The second-order valence-electron chi connectivity index (χ2n) is 3.67. The summed E-state index contributed by atoms with van der Waals surface area (Å²) in [5, 5.41) is 0. The summed E-state index contributed by atoms with van der Waals surface area (Å²) in [4.78, 5) is 13.2. The summed E-state index contributed by atoms with van der Waals surface area (Å²) >= 11 is 0. The Labute approximate surface area is 73.0 Å². The molecular weight excluding hydrogens is 154 g/mol. The number of likely N-dealkylation sites (tertiary alicyclic amines) is 1. The largest absolute Gasteiger partial charge is 0.361 e. The van der Waals surface area contributed by atoms with Gasteiger partial charge in [-0.25, -0.2) is 0 Å². The molecule has 3 heteroatoms. The number of ether oxygens (including phenoxy) is 1. The van der Waals surface area contributed by atoms with Crippen LogP contribution in [0.4, 0.5) is 0 Å². The van der Waals surface area contributed by atoms with Crippen LogP contribution in [0.5, 0.6) is 0 Å². The van der Waals surface area contributed by atoms with Crippen LogP contribution >= 0.6 is 0 Å². The molecule has 0 saturated carbocycles. The maximum atomic E-state index is 11.6. The Hall–Kier alpha value is -0.830. The molecule has 0 aromatic heterocycles. The molecule has 68 valence electrons. The molecule has 1 saturated heterocycles. The van der Waals surface area contributed by atoms with Crippen LogP contribution < -0.4 is 0 Å². The van der Waals surface area contributed by atoms with Crippen molar-refractivity contribution in [1.82, 2.24) is 4.90 Å². The van der Waals surface area contributed by atoms with Crippen molar-refractivity contribution in [3.63, 3.8) is 0 Å². The molecule has 1 amide bonds. The number of methoxy groups -OCH3 is 1. The minimum Gasteiger partial charge on any atom is -0.361 e. The smallest absolute Gasteiger partial charge is 0.234 e. The lowest BCUT2D eigenvalue weighted by atomic mass is 9.92. The Morgan fingerprint density at radius 1 is 1.75 bits per heavy atom. The minimum atomic E-state index is -0.311. The van der Waals surface area contributed by atoms with Gasteiger partial charge in [-0.2, -0.15) is 0 Å². The summed E-state index contributed by atoms with van der Waals surface area (Å²) in [7, 11) is 1.61. The fourth-order valence-electron chi connectivity index (χ4n) is 1.50. The third-order valence-corrected chi connectivity index (χ3v) is 2.28. The quantitative estimate of drug-likeness (QED) is 0.624. The minimum absolute atomic E-state index is 0.0874. The summed E-state index contributed by atoms with van der Waals surface area (Å²) in [6, 6.07) is 0. The summed E-state index contributed by atoms with van der Waals surface area (Å²) in [5.41, 5.74) is -0.311. The van der Waals surface area contributed by atoms with Crippen LogP contribution in [0.2, 0.25) is 0 Å². The van der Waals surface area contributed by atoms with Crippen LogP contribution in [0.25, 0.3) is 0 Å². The van der Waals surface area contributed by atoms with Gasteiger partial charge in [0.05, 0.1) is 0 Å². The van der Waals surface area contributed by atoms with E-state index in [1.165, 1.54) is 6.20 Å². The van der Waals surface area contributed by atoms with Crippen LogP contribution in [0.1, 0.15) is 20.3 Å². The van der Waals surface area contributed by atoms with Gasteiger partial charge in [-0.05, 0) is 0 Å². The first-order chi connectivity index (χ1) is 5.53. The average molecular weight is 169 g/mol. The number of hydrogen-bond acceptors (Lipinski definition) is 2. The van der Waals surface area contributed by atoms with E-state index >= 15 is 0 Å². The molecule has 0 N–H and O–H groups in total. The first-order valence-corrected chi connectivity index (χ1v) is 4.01. The van der Waals surface area contributed by atoms with Crippen molar-refractivity contribution in [2.45, 2.75) is 26.5 Å². The van der Waals surface area contributed by atoms with Gasteiger partial charge in [0.2, 0.25) is 5.91 Å². The second kappa shape index (κ2) is 2.90. The topological polar surface area (TPSA) is 29.5 Å². The number of hydrogen-bond donors (Lipinski definition) is 0. The Morgan fingerprint density at radius 2 is 2.33 bits per heavy atom. The highest BCUT2D eigenvalue weighted by Gasteiger charge is 2.44. The molecule has 1 heterocycles. The van der Waals surface area contributed by atoms with Crippen molar-refractivity contribution in [2.75, 3.05) is 7.11 Å². The van der Waals surface area contributed by atoms with Crippen LogP contribution in [-0.4, -0.2) is 24.1 Å². The van der Waals surface area contributed by atoms with Gasteiger partial charge in [0.15, 0.2) is 0 Å². The molecule has 1 fully saturated rings. The monoisotopic (exact) mass is 169 g/mol. The molecule has 1 aliphatic rings. The highest BCUT2D eigenvalue weighted by atomic mass is 16.5. The van der Waals surface area contributed by atoms with Crippen molar-refractivity contribution in [3.8, 4) is 0 Å². The van der Waals surface area contributed by atoms with Crippen LogP contribution in [0.3, 0.4) is 0 Å². The second-order valence-corrected chi connectivity index (χ2v) is 3.67. The predicted octanol–water partition coefficient (Wildman–Crippen LogP) is 1.36. The van der Waals surface area contributed by atoms with E-state index in [0.717, 1.165) is 6.42 Å². The summed E-state index contributed by atoms with van der Waals surface area (Å²) in [6.07, 6.45) is 2.13. The maximum absolute atomic E-state index is 11.6. The van der Waals surface area contributed by atoms with Crippen molar-refractivity contribution in [3.05, 3.63) is 12.8 Å². The molecule has 1 unspecified atom stereocenters. The molecule has 0 bridgehead atoms. The number of amides is 1. The van der Waals surface area contributed by atoms with Crippen LogP contribution in [0.15, 0.2) is 12.8 Å². The van der Waals surface area contributed by atoms with E-state index in [4.69, 9.17) is 4.74 Å². The number of carbonyl (C=O) groups excluding carboxylic acids is 1. The summed E-state index contributed by atoms with van der Waals surface area (Å²) in [6.45, 7) is 7.42. The Morgan fingerprint density at radius 3 is 2.67 bits per heavy atom. The molecule has 0 spiro atoms. The zero-order valence-electron chi connectivity index (χ0n) is 7.83. The Kier molecular flexibility index (Phi) is 2.24. The van der Waals surface area contributed by atoms with Gasteiger partial charge >= 0.3 is 0 Å². The molecule has 1 atom stereocenters. The van der Waals surface area contributed by atoms with Crippen LogP contribution in [0, 0.1) is 5.41 Å². The van der Waals surface area contributed by atoms with Gasteiger partial charge in [0, 0.05) is 25.1 Å². The van der Waals surface area contributed by atoms with Crippen LogP contribution in [-0.2, 0) is 9.53 Å². The van der Waals surface area contributed by atoms with E-state index in [0.29, 0.717) is 0 Å². The first-order valence-electron chi connectivity index (χ1n) is 4.01. The van der Waals surface area contributed by atoms with Gasteiger partial charge in [-0.1, -0.05) is 20.4 Å². The fraction of sp³-hybridized carbons (Fsp3) is 0.667. The molecule has 0 aromatic rings. The lowest BCUT2D eigenvalue weighted by Crippen LogP contribution is -2.31. The fourth-order valence-corrected chi connectivity index (χ4v) is 1.50. The third-order valence-electron chi connectivity index (χ3n) is 2.28. The van der Waals surface area contributed by atoms with Crippen molar-refractivity contribution < 1.29 is 9.53 Å². The van der Waals surface area contributed by atoms with Gasteiger partial charge in [-0.15, -0.1) is 0 Å². The van der Waals surface area contributed by atoms with E-state index in [9.17, 15) is 4.79 Å². The third kappa shape index (κ3) is 1.25. The highest BCUT2D eigenvalue weighted by molar-refractivity contribution is 5.85. The van der Waals surface area contributed by atoms with Crippen molar-refractivity contribution in [1.29, 1.82) is 0 Å². The summed E-state index contributed by atoms with van der Waals surface area (Å²) in [5.74, 6) is 0.0874. The lowest BCUT2D eigenvalue weighted by Gasteiger charge is -2.18. The normalized spacial score (nSPS) is 27.8. The molecule has 1 aliphatic heterocycles.